The van der Waals surface area contributed by atoms with E-state index >= 15 is 0 Å². The van der Waals surface area contributed by atoms with Crippen LogP contribution in [0.25, 0.3) is 0 Å². The van der Waals surface area contributed by atoms with Gasteiger partial charge in [-0.2, -0.15) is 0 Å². The van der Waals surface area contributed by atoms with Crippen LogP contribution in [0.3, 0.4) is 0 Å². The number of urea groups is 1. The summed E-state index contributed by atoms with van der Waals surface area (Å²) in [5.74, 6) is -1.70. The van der Waals surface area contributed by atoms with Gasteiger partial charge in [0.1, 0.15) is 0 Å². The van der Waals surface area contributed by atoms with Gasteiger partial charge in [-0.15, -0.1) is 0 Å². The molecular formula is C8H16N4O2. The van der Waals surface area contributed by atoms with Crippen molar-refractivity contribution in [3.63, 3.8) is 0 Å². The number of carbonyl (C=O) groups excluding carboxylic acids is 2. The molecule has 6 heteroatoms. The van der Waals surface area contributed by atoms with E-state index in [4.69, 9.17) is 11.5 Å². The van der Waals surface area contributed by atoms with Gasteiger partial charge >= 0.3 is 6.03 Å². The highest BCUT2D eigenvalue weighted by atomic mass is 16.2. The molecule has 0 bridgehead atoms. The van der Waals surface area contributed by atoms with Gasteiger partial charge in [-0.05, 0) is 6.42 Å². The predicted molar refractivity (Wildman–Crippen MR) is 50.9 cm³/mol. The van der Waals surface area contributed by atoms with E-state index in [2.05, 4.69) is 5.32 Å². The van der Waals surface area contributed by atoms with Gasteiger partial charge in [-0.25, -0.2) is 4.79 Å². The summed E-state index contributed by atoms with van der Waals surface area (Å²) in [6.07, 6.45) is 1.66. The van der Waals surface area contributed by atoms with Crippen molar-refractivity contribution >= 4 is 11.9 Å². The van der Waals surface area contributed by atoms with E-state index in [0.29, 0.717) is 6.54 Å². The summed E-state index contributed by atoms with van der Waals surface area (Å²) in [6, 6.07) is -0.500. The van der Waals surface area contributed by atoms with E-state index in [1.807, 2.05) is 6.92 Å². The highest BCUT2D eigenvalue weighted by Crippen LogP contribution is 2.09. The average Bonchev–Trinajstić information content (AvgIpc) is 2.00. The van der Waals surface area contributed by atoms with Gasteiger partial charge in [0.25, 0.3) is 0 Å². The smallest absolute Gasteiger partial charge is 0.307 e. The first-order valence-electron chi connectivity index (χ1n) is 4.66. The molecular weight excluding hydrogens is 184 g/mol. The van der Waals surface area contributed by atoms with Crippen molar-refractivity contribution in [2.45, 2.75) is 32.0 Å². The van der Waals surface area contributed by atoms with Crippen LogP contribution >= 0.6 is 0 Å². The van der Waals surface area contributed by atoms with Gasteiger partial charge in [0.15, 0.2) is 5.79 Å². The number of nitrogens with one attached hydrogen (secondary N) is 1. The number of amides is 3. The molecule has 1 aliphatic heterocycles. The fourth-order valence-corrected chi connectivity index (χ4v) is 1.31. The van der Waals surface area contributed by atoms with Crippen molar-refractivity contribution in [1.29, 1.82) is 0 Å². The Balaban J connectivity index is 2.62. The second-order valence-corrected chi connectivity index (χ2v) is 3.55. The molecule has 0 saturated carbocycles. The lowest BCUT2D eigenvalue weighted by atomic mass is 10.2. The summed E-state index contributed by atoms with van der Waals surface area (Å²) in [4.78, 5) is 23.9. The maximum atomic E-state index is 11.4. The minimum atomic E-state index is -1.39. The SMILES string of the molecule is CCCCN1C(=O)CC(N)(N)NC1=O. The lowest BCUT2D eigenvalue weighted by Gasteiger charge is -2.35. The quantitative estimate of drug-likeness (QED) is 0.524. The number of rotatable bonds is 3. The van der Waals surface area contributed by atoms with Crippen LogP contribution in [0.15, 0.2) is 0 Å². The molecule has 1 rings (SSSR count). The number of nitrogens with zero attached hydrogens (tertiary/aromatic N) is 1. The van der Waals surface area contributed by atoms with Crippen LogP contribution in [0.2, 0.25) is 0 Å². The molecule has 0 unspecified atom stereocenters. The number of hydrogen-bond acceptors (Lipinski definition) is 4. The fourth-order valence-electron chi connectivity index (χ4n) is 1.31. The first-order valence-corrected chi connectivity index (χ1v) is 4.66. The van der Waals surface area contributed by atoms with E-state index in [0.717, 1.165) is 17.7 Å². The maximum absolute atomic E-state index is 11.4. The van der Waals surface area contributed by atoms with Crippen LogP contribution in [0.1, 0.15) is 26.2 Å². The average molecular weight is 200 g/mol. The van der Waals surface area contributed by atoms with Crippen molar-refractivity contribution in [3.05, 3.63) is 0 Å². The zero-order valence-electron chi connectivity index (χ0n) is 8.25. The first kappa shape index (κ1) is 10.9. The van der Waals surface area contributed by atoms with Crippen molar-refractivity contribution in [1.82, 2.24) is 10.2 Å². The standard InChI is InChI=1S/C8H16N4O2/c1-2-3-4-12-6(13)5-8(9,10)11-7(12)14/h2-5,9-10H2,1H3,(H,11,14). The van der Waals surface area contributed by atoms with Crippen molar-refractivity contribution in [3.8, 4) is 0 Å². The van der Waals surface area contributed by atoms with Crippen LogP contribution in [0.4, 0.5) is 4.79 Å². The minimum Gasteiger partial charge on any atom is -0.307 e. The Labute approximate surface area is 82.6 Å². The monoisotopic (exact) mass is 200 g/mol. The molecule has 0 aliphatic carbocycles. The van der Waals surface area contributed by atoms with Crippen LogP contribution < -0.4 is 16.8 Å². The summed E-state index contributed by atoms with van der Waals surface area (Å²) >= 11 is 0. The molecule has 0 aromatic rings. The van der Waals surface area contributed by atoms with Gasteiger partial charge in [0.05, 0.1) is 6.42 Å². The topological polar surface area (TPSA) is 101 Å². The van der Waals surface area contributed by atoms with Crippen molar-refractivity contribution < 1.29 is 9.59 Å². The number of imide groups is 1. The van der Waals surface area contributed by atoms with E-state index in [1.54, 1.807) is 0 Å². The summed E-state index contributed by atoms with van der Waals surface area (Å²) in [5.41, 5.74) is 10.9. The maximum Gasteiger partial charge on any atom is 0.326 e. The van der Waals surface area contributed by atoms with Crippen molar-refractivity contribution in [2.75, 3.05) is 6.54 Å². The Morgan fingerprint density at radius 2 is 2.14 bits per heavy atom. The number of unbranched alkanes of at least 4 members (excludes halogenated alkanes) is 1. The first-order chi connectivity index (χ1) is 6.46. The van der Waals surface area contributed by atoms with Gasteiger partial charge in [-0.3, -0.25) is 21.2 Å². The molecule has 80 valence electrons. The molecule has 0 radical (unpaired) electrons. The van der Waals surface area contributed by atoms with Crippen LogP contribution in [0.5, 0.6) is 0 Å². The highest BCUT2D eigenvalue weighted by Gasteiger charge is 2.37. The molecule has 3 amide bonds. The number of carbonyl (C=O) groups is 2. The molecule has 1 saturated heterocycles. The summed E-state index contributed by atoms with van der Waals surface area (Å²) in [7, 11) is 0. The van der Waals surface area contributed by atoms with E-state index in [1.165, 1.54) is 0 Å². The highest BCUT2D eigenvalue weighted by molar-refractivity contribution is 5.97. The van der Waals surface area contributed by atoms with E-state index in [9.17, 15) is 9.59 Å². The zero-order valence-corrected chi connectivity index (χ0v) is 8.25. The third kappa shape index (κ3) is 2.43. The third-order valence-corrected chi connectivity index (χ3v) is 2.06. The minimum absolute atomic E-state index is 0.0531. The van der Waals surface area contributed by atoms with Gasteiger partial charge in [0, 0.05) is 6.54 Å². The molecule has 5 N–H and O–H groups in total. The van der Waals surface area contributed by atoms with Gasteiger partial charge in [-0.1, -0.05) is 13.3 Å². The molecule has 14 heavy (non-hydrogen) atoms. The Morgan fingerprint density at radius 3 is 2.64 bits per heavy atom. The Bertz CT molecular complexity index is 232. The van der Waals surface area contributed by atoms with Crippen LogP contribution in [-0.4, -0.2) is 29.2 Å². The molecule has 1 aliphatic rings. The lowest BCUT2D eigenvalue weighted by Crippen LogP contribution is -2.71. The predicted octanol–water partition coefficient (Wildman–Crippen LogP) is -0.700. The number of hydrogen-bond donors (Lipinski definition) is 3. The molecule has 0 spiro atoms. The summed E-state index contributed by atoms with van der Waals surface area (Å²) < 4.78 is 0. The van der Waals surface area contributed by atoms with Gasteiger partial charge < -0.3 is 5.32 Å². The molecule has 0 aromatic heterocycles. The summed E-state index contributed by atoms with van der Waals surface area (Å²) in [6.45, 7) is 2.42. The fraction of sp³-hybridized carbons (Fsp3) is 0.750. The van der Waals surface area contributed by atoms with E-state index < -0.39 is 11.8 Å². The molecule has 1 fully saturated rings. The normalized spacial score (nSPS) is 20.9. The zero-order chi connectivity index (χ0) is 10.8. The Kier molecular flexibility index (Phi) is 3.07. The van der Waals surface area contributed by atoms with Crippen molar-refractivity contribution in [2.24, 2.45) is 11.5 Å². The summed E-state index contributed by atoms with van der Waals surface area (Å²) in [5, 5.41) is 2.37. The molecule has 6 nitrogen and oxygen atoms in total. The van der Waals surface area contributed by atoms with Crippen LogP contribution in [-0.2, 0) is 4.79 Å². The molecule has 1 heterocycles. The Hall–Kier alpha value is -1.14. The van der Waals surface area contributed by atoms with Crippen LogP contribution in [0, 0.1) is 0 Å². The number of nitrogens with two attached hydrogens (primary N) is 2. The second-order valence-electron chi connectivity index (χ2n) is 3.55. The largest absolute Gasteiger partial charge is 0.326 e. The lowest BCUT2D eigenvalue weighted by molar-refractivity contribution is -0.131. The third-order valence-electron chi connectivity index (χ3n) is 2.06. The Morgan fingerprint density at radius 1 is 1.50 bits per heavy atom. The second kappa shape index (κ2) is 3.93. The van der Waals surface area contributed by atoms with Gasteiger partial charge in [0.2, 0.25) is 5.91 Å². The molecule has 0 aromatic carbocycles. The van der Waals surface area contributed by atoms with E-state index in [-0.39, 0.29) is 12.3 Å². The molecule has 0 atom stereocenters.